The van der Waals surface area contributed by atoms with Gasteiger partial charge >= 0.3 is 6.18 Å². The Morgan fingerprint density at radius 1 is 1.29 bits per heavy atom. The smallest absolute Gasteiger partial charge is 0.335 e. The van der Waals surface area contributed by atoms with E-state index in [2.05, 4.69) is 0 Å². The van der Waals surface area contributed by atoms with E-state index in [1.54, 1.807) is 6.92 Å². The van der Waals surface area contributed by atoms with Crippen molar-refractivity contribution in [3.8, 4) is 0 Å². The van der Waals surface area contributed by atoms with E-state index in [9.17, 15) is 26.4 Å². The van der Waals surface area contributed by atoms with Crippen molar-refractivity contribution in [1.82, 2.24) is 4.90 Å². The lowest BCUT2D eigenvalue weighted by molar-refractivity contribution is -0.137. The molecule has 1 fully saturated rings. The fraction of sp³-hybridized carbons (Fsp3) is 0.438. The second-order valence-corrected chi connectivity index (χ2v) is 7.86. The summed E-state index contributed by atoms with van der Waals surface area (Å²) in [7, 11) is -3.09. The van der Waals surface area contributed by atoms with Crippen LogP contribution >= 0.6 is 0 Å². The highest BCUT2D eigenvalue weighted by Crippen LogP contribution is 2.29. The van der Waals surface area contributed by atoms with Gasteiger partial charge in [0.05, 0.1) is 17.1 Å². The van der Waals surface area contributed by atoms with Crippen molar-refractivity contribution in [3.05, 3.63) is 41.5 Å². The molecule has 0 saturated carbocycles. The Bertz CT molecular complexity index is 724. The number of nitrogens with zero attached hydrogens (tertiary/aromatic N) is 1. The number of carbonyl (C=O) groups excluding carboxylic acids is 1. The van der Waals surface area contributed by atoms with Crippen LogP contribution in [-0.2, 0) is 20.8 Å². The molecule has 4 nitrogen and oxygen atoms in total. The summed E-state index contributed by atoms with van der Waals surface area (Å²) < 4.78 is 60.5. The molecular formula is C16H18F3NO3S. The van der Waals surface area contributed by atoms with Gasteiger partial charge in [0.1, 0.15) is 0 Å². The lowest BCUT2D eigenvalue weighted by atomic mass is 10.1. The van der Waals surface area contributed by atoms with Gasteiger partial charge in [0.25, 0.3) is 0 Å². The van der Waals surface area contributed by atoms with Crippen LogP contribution in [0.1, 0.15) is 24.5 Å². The average molecular weight is 361 g/mol. The molecule has 2 rings (SSSR count). The van der Waals surface area contributed by atoms with Crippen molar-refractivity contribution >= 4 is 21.8 Å². The van der Waals surface area contributed by atoms with Crippen LogP contribution in [0.3, 0.4) is 0 Å². The third-order valence-corrected chi connectivity index (χ3v) is 5.68. The fourth-order valence-corrected chi connectivity index (χ4v) is 4.39. The molecule has 0 aliphatic carbocycles. The van der Waals surface area contributed by atoms with Crippen LogP contribution in [0.25, 0.3) is 6.08 Å². The van der Waals surface area contributed by atoms with E-state index < -0.39 is 21.6 Å². The van der Waals surface area contributed by atoms with Crippen molar-refractivity contribution in [1.29, 1.82) is 0 Å². The molecule has 1 aromatic carbocycles. The summed E-state index contributed by atoms with van der Waals surface area (Å²) >= 11 is 0. The fourth-order valence-electron chi connectivity index (χ4n) is 2.66. The minimum atomic E-state index is -4.40. The highest BCUT2D eigenvalue weighted by molar-refractivity contribution is 7.91. The summed E-state index contributed by atoms with van der Waals surface area (Å²) in [6.45, 7) is 2.13. The maximum absolute atomic E-state index is 12.5. The third kappa shape index (κ3) is 4.59. The highest BCUT2D eigenvalue weighted by atomic mass is 32.2. The maximum Gasteiger partial charge on any atom is 0.416 e. The Balaban J connectivity index is 2.06. The first-order valence-electron chi connectivity index (χ1n) is 7.49. The minimum Gasteiger partial charge on any atom is -0.335 e. The summed E-state index contributed by atoms with van der Waals surface area (Å²) in [6.07, 6.45) is -1.30. The Hall–Kier alpha value is -1.83. The normalized spacial score (nSPS) is 20.4. The molecule has 0 spiro atoms. The molecular weight excluding hydrogens is 343 g/mol. The molecule has 0 aromatic heterocycles. The van der Waals surface area contributed by atoms with Crippen LogP contribution in [0.2, 0.25) is 0 Å². The second kappa shape index (κ2) is 6.96. The van der Waals surface area contributed by atoms with Gasteiger partial charge in [-0.3, -0.25) is 4.79 Å². The van der Waals surface area contributed by atoms with Gasteiger partial charge < -0.3 is 4.90 Å². The van der Waals surface area contributed by atoms with Gasteiger partial charge in [0, 0.05) is 18.7 Å². The number of carbonyl (C=O) groups is 1. The first kappa shape index (κ1) is 18.5. The quantitative estimate of drug-likeness (QED) is 0.775. The van der Waals surface area contributed by atoms with E-state index >= 15 is 0 Å². The number of rotatable bonds is 4. The number of amides is 1. The summed E-state index contributed by atoms with van der Waals surface area (Å²) in [5.74, 6) is -0.315. The van der Waals surface area contributed by atoms with Crippen LogP contribution in [0, 0.1) is 0 Å². The van der Waals surface area contributed by atoms with Crippen molar-refractivity contribution in [2.24, 2.45) is 0 Å². The summed E-state index contributed by atoms with van der Waals surface area (Å²) in [5.41, 5.74) is -0.288. The molecule has 1 aliphatic heterocycles. The number of sulfone groups is 1. The first-order chi connectivity index (χ1) is 11.1. The van der Waals surface area contributed by atoms with Crippen LogP contribution in [0.5, 0.6) is 0 Å². The van der Waals surface area contributed by atoms with Gasteiger partial charge in [0.2, 0.25) is 5.91 Å². The molecule has 1 aromatic rings. The molecule has 1 heterocycles. The Morgan fingerprint density at radius 3 is 2.38 bits per heavy atom. The Kier molecular flexibility index (Phi) is 5.37. The molecule has 0 bridgehead atoms. The molecule has 132 valence electrons. The SMILES string of the molecule is CCN(C(=O)C=Cc1ccc(C(F)(F)F)cc1)C1CCS(=O)(=O)C1. The van der Waals surface area contributed by atoms with E-state index in [4.69, 9.17) is 0 Å². The van der Waals surface area contributed by atoms with Crippen molar-refractivity contribution in [2.75, 3.05) is 18.1 Å². The van der Waals surface area contributed by atoms with Gasteiger partial charge in [-0.1, -0.05) is 12.1 Å². The first-order valence-corrected chi connectivity index (χ1v) is 9.31. The number of alkyl halides is 3. The molecule has 1 amide bonds. The lowest BCUT2D eigenvalue weighted by Gasteiger charge is -2.25. The summed E-state index contributed by atoms with van der Waals surface area (Å²) in [6, 6.07) is 4.12. The van der Waals surface area contributed by atoms with Crippen LogP contribution in [-0.4, -0.2) is 43.3 Å². The average Bonchev–Trinajstić information content (AvgIpc) is 2.85. The van der Waals surface area contributed by atoms with E-state index in [1.165, 1.54) is 29.2 Å². The minimum absolute atomic E-state index is 0.0410. The Morgan fingerprint density at radius 2 is 1.92 bits per heavy atom. The van der Waals surface area contributed by atoms with Gasteiger partial charge in [-0.15, -0.1) is 0 Å². The van der Waals surface area contributed by atoms with E-state index in [0.29, 0.717) is 18.5 Å². The zero-order valence-electron chi connectivity index (χ0n) is 13.1. The molecule has 1 atom stereocenters. The topological polar surface area (TPSA) is 54.5 Å². The van der Waals surface area contributed by atoms with E-state index in [0.717, 1.165) is 12.1 Å². The second-order valence-electron chi connectivity index (χ2n) is 5.63. The maximum atomic E-state index is 12.5. The molecule has 1 aliphatic rings. The zero-order chi connectivity index (χ0) is 18.0. The van der Waals surface area contributed by atoms with Crippen molar-refractivity contribution in [2.45, 2.75) is 25.6 Å². The van der Waals surface area contributed by atoms with Crippen LogP contribution < -0.4 is 0 Å². The number of benzene rings is 1. The lowest BCUT2D eigenvalue weighted by Crippen LogP contribution is -2.40. The van der Waals surface area contributed by atoms with Gasteiger partial charge in [-0.2, -0.15) is 13.2 Å². The van der Waals surface area contributed by atoms with Crippen LogP contribution in [0.15, 0.2) is 30.3 Å². The van der Waals surface area contributed by atoms with E-state index in [1.807, 2.05) is 0 Å². The summed E-state index contributed by atoms with van der Waals surface area (Å²) in [4.78, 5) is 13.7. The predicted molar refractivity (Wildman–Crippen MR) is 84.9 cm³/mol. The number of hydrogen-bond acceptors (Lipinski definition) is 3. The van der Waals surface area contributed by atoms with Gasteiger partial charge in [-0.25, -0.2) is 8.42 Å². The monoisotopic (exact) mass is 361 g/mol. The Labute approximate surface area is 138 Å². The van der Waals surface area contributed by atoms with Gasteiger partial charge in [-0.05, 0) is 37.1 Å². The molecule has 1 unspecified atom stereocenters. The van der Waals surface area contributed by atoms with Crippen molar-refractivity contribution < 1.29 is 26.4 Å². The number of hydrogen-bond donors (Lipinski definition) is 0. The third-order valence-electron chi connectivity index (χ3n) is 3.93. The summed E-state index contributed by atoms with van der Waals surface area (Å²) in [5, 5.41) is 0. The molecule has 24 heavy (non-hydrogen) atoms. The predicted octanol–water partition coefficient (Wildman–Crippen LogP) is 2.75. The molecule has 1 saturated heterocycles. The molecule has 0 N–H and O–H groups in total. The zero-order valence-corrected chi connectivity index (χ0v) is 13.9. The molecule has 0 radical (unpaired) electrons. The largest absolute Gasteiger partial charge is 0.416 e. The number of likely N-dealkylation sites (N-methyl/N-ethyl adjacent to an activating group) is 1. The standard InChI is InChI=1S/C16H18F3NO3S/c1-2-20(14-9-10-24(22,23)11-14)15(21)8-5-12-3-6-13(7-4-12)16(17,18)19/h3-8,14H,2,9-11H2,1H3. The van der Waals surface area contributed by atoms with Gasteiger partial charge in [0.15, 0.2) is 9.84 Å². The highest BCUT2D eigenvalue weighted by Gasteiger charge is 2.33. The van der Waals surface area contributed by atoms with Crippen molar-refractivity contribution in [3.63, 3.8) is 0 Å². The number of halogens is 3. The van der Waals surface area contributed by atoms with E-state index in [-0.39, 0.29) is 23.5 Å². The van der Waals surface area contributed by atoms with Crippen LogP contribution in [0.4, 0.5) is 13.2 Å². The molecule has 8 heteroatoms.